The van der Waals surface area contributed by atoms with Crippen molar-refractivity contribution in [3.05, 3.63) is 22.4 Å². The molecule has 0 fully saturated rings. The third-order valence-corrected chi connectivity index (χ3v) is 4.79. The molecule has 21 heavy (non-hydrogen) atoms. The molecule has 0 aliphatic carbocycles. The van der Waals surface area contributed by atoms with Gasteiger partial charge in [0.2, 0.25) is 5.95 Å². The number of hydrogen-bond acceptors (Lipinski definition) is 6. The van der Waals surface area contributed by atoms with E-state index in [2.05, 4.69) is 40.4 Å². The maximum Gasteiger partial charge on any atom is 0.313 e. The fourth-order valence-corrected chi connectivity index (χ4v) is 3.19. The van der Waals surface area contributed by atoms with E-state index in [1.807, 2.05) is 17.7 Å². The van der Waals surface area contributed by atoms with E-state index < -0.39 is 5.97 Å². The van der Waals surface area contributed by atoms with E-state index >= 15 is 0 Å². The zero-order valence-electron chi connectivity index (χ0n) is 12.2. The van der Waals surface area contributed by atoms with E-state index in [0.717, 1.165) is 12.5 Å². The molecule has 0 radical (unpaired) electrons. The van der Waals surface area contributed by atoms with Crippen LogP contribution in [0.25, 0.3) is 0 Å². The highest BCUT2D eigenvalue weighted by atomic mass is 32.2. The zero-order chi connectivity index (χ0) is 15.4. The van der Waals surface area contributed by atoms with Crippen LogP contribution in [-0.2, 0) is 18.4 Å². The van der Waals surface area contributed by atoms with Gasteiger partial charge in [0.25, 0.3) is 0 Å². The Kier molecular flexibility index (Phi) is 5.24. The molecular weight excluding hydrogens is 308 g/mol. The highest BCUT2D eigenvalue weighted by molar-refractivity contribution is 7.99. The van der Waals surface area contributed by atoms with Crippen molar-refractivity contribution in [3.63, 3.8) is 0 Å². The van der Waals surface area contributed by atoms with Crippen LogP contribution in [0.5, 0.6) is 0 Å². The van der Waals surface area contributed by atoms with Crippen molar-refractivity contribution in [1.82, 2.24) is 14.8 Å². The molecule has 0 saturated heterocycles. The standard InChI is InChI=1S/C13H18N4O2S2/c1-9(2)17(7-10-5-4-6-20-10)12-14-15-13(16(12)3)21-8-11(18)19/h4-6,9H,7-8H2,1-3H3,(H,18,19). The van der Waals surface area contributed by atoms with Crippen LogP contribution in [0.3, 0.4) is 0 Å². The lowest BCUT2D eigenvalue weighted by Gasteiger charge is -2.26. The summed E-state index contributed by atoms with van der Waals surface area (Å²) >= 11 is 2.89. The molecule has 0 amide bonds. The molecule has 6 nitrogen and oxygen atoms in total. The maximum absolute atomic E-state index is 10.7. The van der Waals surface area contributed by atoms with Crippen molar-refractivity contribution in [2.75, 3.05) is 10.7 Å². The smallest absolute Gasteiger partial charge is 0.313 e. The van der Waals surface area contributed by atoms with E-state index in [1.54, 1.807) is 11.3 Å². The van der Waals surface area contributed by atoms with Gasteiger partial charge in [-0.25, -0.2) is 0 Å². The average Bonchev–Trinajstić information content (AvgIpc) is 3.03. The number of aliphatic carboxylic acids is 1. The summed E-state index contributed by atoms with van der Waals surface area (Å²) in [5.41, 5.74) is 0. The number of thioether (sulfide) groups is 1. The number of thiophene rings is 1. The third-order valence-electron chi connectivity index (χ3n) is 2.92. The number of anilines is 1. The van der Waals surface area contributed by atoms with Gasteiger partial charge in [-0.3, -0.25) is 9.36 Å². The number of aromatic nitrogens is 3. The topological polar surface area (TPSA) is 71.2 Å². The predicted octanol–water partition coefficient (Wildman–Crippen LogP) is 2.47. The van der Waals surface area contributed by atoms with E-state index in [9.17, 15) is 4.79 Å². The van der Waals surface area contributed by atoms with E-state index in [-0.39, 0.29) is 11.8 Å². The van der Waals surface area contributed by atoms with E-state index in [1.165, 1.54) is 16.6 Å². The van der Waals surface area contributed by atoms with E-state index in [0.29, 0.717) is 5.16 Å². The minimum Gasteiger partial charge on any atom is -0.481 e. The molecule has 0 aliphatic rings. The number of nitrogens with zero attached hydrogens (tertiary/aromatic N) is 4. The number of hydrogen-bond donors (Lipinski definition) is 1. The van der Waals surface area contributed by atoms with Crippen molar-refractivity contribution in [1.29, 1.82) is 0 Å². The molecule has 2 heterocycles. The van der Waals surface area contributed by atoms with Crippen LogP contribution in [-0.4, -0.2) is 37.6 Å². The Bertz CT molecular complexity index is 595. The van der Waals surface area contributed by atoms with Gasteiger partial charge in [0.05, 0.1) is 12.3 Å². The van der Waals surface area contributed by atoms with Gasteiger partial charge in [-0.2, -0.15) is 0 Å². The highest BCUT2D eigenvalue weighted by Gasteiger charge is 2.19. The van der Waals surface area contributed by atoms with Crippen LogP contribution < -0.4 is 4.90 Å². The summed E-state index contributed by atoms with van der Waals surface area (Å²) in [7, 11) is 1.86. The monoisotopic (exact) mass is 326 g/mol. The van der Waals surface area contributed by atoms with Crippen molar-refractivity contribution >= 4 is 35.0 Å². The highest BCUT2D eigenvalue weighted by Crippen LogP contribution is 2.24. The fraction of sp³-hybridized carbons (Fsp3) is 0.462. The molecule has 0 atom stereocenters. The normalized spacial score (nSPS) is 11.0. The molecule has 1 N–H and O–H groups in total. The maximum atomic E-state index is 10.7. The molecule has 114 valence electrons. The molecule has 0 bridgehead atoms. The largest absolute Gasteiger partial charge is 0.481 e. The van der Waals surface area contributed by atoms with Crippen LogP contribution in [0.2, 0.25) is 0 Å². The second-order valence-electron chi connectivity index (χ2n) is 4.83. The van der Waals surface area contributed by atoms with Gasteiger partial charge in [-0.1, -0.05) is 17.8 Å². The Hall–Kier alpha value is -1.54. The molecule has 0 unspecified atom stereocenters. The summed E-state index contributed by atoms with van der Waals surface area (Å²) in [6, 6.07) is 4.40. The Morgan fingerprint density at radius 3 is 2.86 bits per heavy atom. The molecule has 2 aromatic rings. The van der Waals surface area contributed by atoms with Crippen LogP contribution in [0, 0.1) is 0 Å². The van der Waals surface area contributed by atoms with Crippen LogP contribution in [0.4, 0.5) is 5.95 Å². The van der Waals surface area contributed by atoms with Crippen molar-refractivity contribution in [2.45, 2.75) is 31.6 Å². The summed E-state index contributed by atoms with van der Waals surface area (Å²) < 4.78 is 1.85. The average molecular weight is 326 g/mol. The van der Waals surface area contributed by atoms with Crippen LogP contribution in [0.15, 0.2) is 22.7 Å². The predicted molar refractivity (Wildman–Crippen MR) is 85.0 cm³/mol. The van der Waals surface area contributed by atoms with Crippen LogP contribution >= 0.6 is 23.1 Å². The summed E-state index contributed by atoms with van der Waals surface area (Å²) in [6.07, 6.45) is 0. The fourth-order valence-electron chi connectivity index (χ4n) is 1.86. The first-order chi connectivity index (χ1) is 9.99. The van der Waals surface area contributed by atoms with Gasteiger partial charge in [0.1, 0.15) is 0 Å². The molecule has 0 aromatic carbocycles. The molecule has 2 rings (SSSR count). The minimum absolute atomic E-state index is 0.0153. The summed E-state index contributed by atoms with van der Waals surface area (Å²) in [5, 5.41) is 19.7. The van der Waals surface area contributed by atoms with Gasteiger partial charge >= 0.3 is 5.97 Å². The lowest BCUT2D eigenvalue weighted by molar-refractivity contribution is -0.133. The number of carboxylic acid groups (broad SMARTS) is 1. The number of carbonyl (C=O) groups is 1. The van der Waals surface area contributed by atoms with Crippen LogP contribution in [0.1, 0.15) is 18.7 Å². The molecule has 2 aromatic heterocycles. The second kappa shape index (κ2) is 6.95. The zero-order valence-corrected chi connectivity index (χ0v) is 13.8. The first-order valence-corrected chi connectivity index (χ1v) is 8.38. The van der Waals surface area contributed by atoms with Crippen molar-refractivity contribution in [3.8, 4) is 0 Å². The second-order valence-corrected chi connectivity index (χ2v) is 6.80. The number of rotatable bonds is 7. The lowest BCUT2D eigenvalue weighted by Crippen LogP contribution is -2.32. The molecule has 0 spiro atoms. The minimum atomic E-state index is -0.858. The van der Waals surface area contributed by atoms with Gasteiger partial charge in [0, 0.05) is 18.0 Å². The van der Waals surface area contributed by atoms with Gasteiger partial charge < -0.3 is 10.0 Å². The summed E-state index contributed by atoms with van der Waals surface area (Å²) in [6.45, 7) is 4.98. The Labute approximate surface area is 131 Å². The summed E-state index contributed by atoms with van der Waals surface area (Å²) in [4.78, 5) is 14.1. The Morgan fingerprint density at radius 2 is 2.29 bits per heavy atom. The first kappa shape index (κ1) is 15.8. The summed E-state index contributed by atoms with van der Waals surface area (Å²) in [5.74, 6) is -0.117. The van der Waals surface area contributed by atoms with Gasteiger partial charge in [-0.15, -0.1) is 21.5 Å². The Balaban J connectivity index is 2.18. The Morgan fingerprint density at radius 1 is 1.52 bits per heavy atom. The molecular formula is C13H18N4O2S2. The third kappa shape index (κ3) is 3.98. The van der Waals surface area contributed by atoms with Crippen molar-refractivity contribution in [2.24, 2.45) is 7.05 Å². The first-order valence-electron chi connectivity index (χ1n) is 6.52. The number of carboxylic acids is 1. The molecule has 0 saturated carbocycles. The van der Waals surface area contributed by atoms with Gasteiger partial charge in [-0.05, 0) is 25.3 Å². The van der Waals surface area contributed by atoms with Crippen molar-refractivity contribution < 1.29 is 9.90 Å². The quantitative estimate of drug-likeness (QED) is 0.788. The molecule has 8 heteroatoms. The lowest BCUT2D eigenvalue weighted by atomic mass is 10.3. The van der Waals surface area contributed by atoms with E-state index in [4.69, 9.17) is 5.11 Å². The molecule has 0 aliphatic heterocycles. The SMILES string of the molecule is CC(C)N(Cc1cccs1)c1nnc(SCC(=O)O)n1C. The van der Waals surface area contributed by atoms with Gasteiger partial charge in [0.15, 0.2) is 5.16 Å².